The number of ether oxygens (including phenoxy) is 1. The van der Waals surface area contributed by atoms with Crippen molar-refractivity contribution in [3.05, 3.63) is 28.2 Å². The Hall–Kier alpha value is -0.160. The molecule has 0 aromatic heterocycles. The van der Waals surface area contributed by atoms with Crippen molar-refractivity contribution in [2.24, 2.45) is 0 Å². The Kier molecular flexibility index (Phi) is 4.12. The number of halogens is 4. The maximum Gasteiger partial charge on any atom is 0.144 e. The van der Waals surface area contributed by atoms with Crippen molar-refractivity contribution in [3.8, 4) is 5.75 Å². The summed E-state index contributed by atoms with van der Waals surface area (Å²) in [7, 11) is 0. The van der Waals surface area contributed by atoms with Crippen LogP contribution in [0.15, 0.2) is 16.6 Å². The average Bonchev–Trinajstić information content (AvgIpc) is 2.10. The first-order valence-corrected chi connectivity index (χ1v) is 5.40. The molecular formula is C8H6Br2F2O. The molecule has 72 valence electrons. The largest absolute Gasteiger partial charge is 0.493 e. The molecule has 0 amide bonds. The average molecular weight is 316 g/mol. The van der Waals surface area contributed by atoms with Crippen molar-refractivity contribution in [2.75, 3.05) is 11.9 Å². The molecule has 1 aromatic carbocycles. The predicted octanol–water partition coefficient (Wildman–Crippen LogP) is 3.50. The molecule has 0 atom stereocenters. The van der Waals surface area contributed by atoms with E-state index in [1.54, 1.807) is 0 Å². The molecule has 1 rings (SSSR count). The monoisotopic (exact) mass is 314 g/mol. The minimum atomic E-state index is -0.662. The lowest BCUT2D eigenvalue weighted by molar-refractivity contribution is 0.340. The molecule has 0 bridgehead atoms. The van der Waals surface area contributed by atoms with Crippen molar-refractivity contribution in [3.63, 3.8) is 0 Å². The zero-order valence-electron chi connectivity index (χ0n) is 6.49. The van der Waals surface area contributed by atoms with Crippen LogP contribution in [0.5, 0.6) is 5.75 Å². The Morgan fingerprint density at radius 3 is 2.23 bits per heavy atom. The molecule has 0 unspecified atom stereocenters. The maximum atomic E-state index is 12.9. The molecule has 1 nitrogen and oxygen atoms in total. The van der Waals surface area contributed by atoms with Gasteiger partial charge < -0.3 is 4.74 Å². The summed E-state index contributed by atoms with van der Waals surface area (Å²) >= 11 is 5.90. The molecule has 0 saturated carbocycles. The first kappa shape index (κ1) is 10.9. The fourth-order valence-electron chi connectivity index (χ4n) is 0.772. The van der Waals surface area contributed by atoms with Crippen LogP contribution in [0, 0.1) is 11.6 Å². The molecule has 0 fully saturated rings. The summed E-state index contributed by atoms with van der Waals surface area (Å²) in [4.78, 5) is 0. The summed E-state index contributed by atoms with van der Waals surface area (Å²) in [6, 6.07) is 2.27. The van der Waals surface area contributed by atoms with Crippen LogP contribution >= 0.6 is 31.9 Å². The maximum absolute atomic E-state index is 12.9. The third-order valence-corrected chi connectivity index (χ3v) is 2.38. The normalized spacial score (nSPS) is 10.2. The van der Waals surface area contributed by atoms with Gasteiger partial charge in [0.2, 0.25) is 0 Å². The van der Waals surface area contributed by atoms with E-state index in [1.165, 1.54) is 0 Å². The van der Waals surface area contributed by atoms with Crippen LogP contribution in [0.3, 0.4) is 0 Å². The van der Waals surface area contributed by atoms with Crippen molar-refractivity contribution in [2.45, 2.75) is 0 Å². The van der Waals surface area contributed by atoms with Gasteiger partial charge in [0.05, 0.1) is 11.1 Å². The Bertz CT molecular complexity index is 281. The molecular weight excluding hydrogens is 310 g/mol. The van der Waals surface area contributed by atoms with E-state index in [-0.39, 0.29) is 10.2 Å². The van der Waals surface area contributed by atoms with Gasteiger partial charge in [-0.2, -0.15) is 0 Å². The van der Waals surface area contributed by atoms with E-state index in [1.807, 2.05) is 0 Å². The molecule has 5 heteroatoms. The fraction of sp³-hybridized carbons (Fsp3) is 0.250. The van der Waals surface area contributed by atoms with E-state index in [0.29, 0.717) is 11.9 Å². The van der Waals surface area contributed by atoms with Gasteiger partial charge in [-0.1, -0.05) is 15.9 Å². The van der Waals surface area contributed by atoms with Gasteiger partial charge in [0.1, 0.15) is 17.4 Å². The van der Waals surface area contributed by atoms with Gasteiger partial charge >= 0.3 is 0 Å². The first-order valence-electron chi connectivity index (χ1n) is 3.48. The quantitative estimate of drug-likeness (QED) is 0.613. The van der Waals surface area contributed by atoms with Crippen LogP contribution < -0.4 is 4.74 Å². The Morgan fingerprint density at radius 1 is 1.23 bits per heavy atom. The van der Waals surface area contributed by atoms with E-state index in [2.05, 4.69) is 31.9 Å². The third-order valence-electron chi connectivity index (χ3n) is 1.30. The molecule has 0 N–H and O–H groups in total. The highest BCUT2D eigenvalue weighted by Crippen LogP contribution is 2.24. The standard InChI is InChI=1S/C8H6Br2F2O/c9-1-2-13-5-3-6(11)8(10)7(12)4-5/h3-4H,1-2H2. The minimum absolute atomic E-state index is 0.168. The minimum Gasteiger partial charge on any atom is -0.493 e. The molecule has 13 heavy (non-hydrogen) atoms. The summed E-state index contributed by atoms with van der Waals surface area (Å²) in [6.07, 6.45) is 0. The van der Waals surface area contributed by atoms with Crippen molar-refractivity contribution in [1.82, 2.24) is 0 Å². The second-order valence-corrected chi connectivity index (χ2v) is 3.82. The number of hydrogen-bond acceptors (Lipinski definition) is 1. The Labute approximate surface area is 91.3 Å². The lowest BCUT2D eigenvalue weighted by Crippen LogP contribution is -1.99. The van der Waals surface area contributed by atoms with E-state index in [4.69, 9.17) is 4.74 Å². The fourth-order valence-corrected chi connectivity index (χ4v) is 1.16. The van der Waals surface area contributed by atoms with Crippen LogP contribution in [0.4, 0.5) is 8.78 Å². The van der Waals surface area contributed by atoms with Crippen LogP contribution in [0.25, 0.3) is 0 Å². The lowest BCUT2D eigenvalue weighted by Gasteiger charge is -2.05. The zero-order chi connectivity index (χ0) is 9.84. The molecule has 0 aliphatic heterocycles. The van der Waals surface area contributed by atoms with Crippen LogP contribution in [0.1, 0.15) is 0 Å². The van der Waals surface area contributed by atoms with E-state index in [0.717, 1.165) is 12.1 Å². The van der Waals surface area contributed by atoms with Crippen LogP contribution in [-0.2, 0) is 0 Å². The van der Waals surface area contributed by atoms with E-state index >= 15 is 0 Å². The second-order valence-electron chi connectivity index (χ2n) is 2.24. The summed E-state index contributed by atoms with van der Waals surface area (Å²) < 4.78 is 30.6. The summed E-state index contributed by atoms with van der Waals surface area (Å²) in [5, 5.41) is 0.617. The highest BCUT2D eigenvalue weighted by atomic mass is 79.9. The number of hydrogen-bond donors (Lipinski definition) is 0. The van der Waals surface area contributed by atoms with Crippen molar-refractivity contribution in [1.29, 1.82) is 0 Å². The molecule has 1 aromatic rings. The molecule has 0 aliphatic carbocycles. The highest BCUT2D eigenvalue weighted by molar-refractivity contribution is 9.10. The van der Waals surface area contributed by atoms with Gasteiger partial charge in [0.15, 0.2) is 0 Å². The van der Waals surface area contributed by atoms with Gasteiger partial charge in [0.25, 0.3) is 0 Å². The summed E-state index contributed by atoms with van der Waals surface area (Å²) in [6.45, 7) is 0.376. The smallest absolute Gasteiger partial charge is 0.144 e. The molecule has 0 heterocycles. The van der Waals surface area contributed by atoms with Crippen LogP contribution in [0.2, 0.25) is 0 Å². The Balaban J connectivity index is 2.86. The van der Waals surface area contributed by atoms with Crippen molar-refractivity contribution >= 4 is 31.9 Å². The first-order chi connectivity index (χ1) is 6.15. The zero-order valence-corrected chi connectivity index (χ0v) is 9.66. The highest BCUT2D eigenvalue weighted by Gasteiger charge is 2.08. The lowest BCUT2D eigenvalue weighted by atomic mass is 10.3. The molecule has 0 saturated heterocycles. The third kappa shape index (κ3) is 2.91. The summed E-state index contributed by atoms with van der Waals surface area (Å²) in [5.74, 6) is -1.13. The topological polar surface area (TPSA) is 9.23 Å². The molecule has 0 aliphatic rings. The number of rotatable bonds is 3. The summed E-state index contributed by atoms with van der Waals surface area (Å²) in [5.41, 5.74) is 0. The van der Waals surface area contributed by atoms with E-state index in [9.17, 15) is 8.78 Å². The van der Waals surface area contributed by atoms with E-state index < -0.39 is 11.6 Å². The molecule has 0 spiro atoms. The SMILES string of the molecule is Fc1cc(OCCBr)cc(F)c1Br. The van der Waals surface area contributed by atoms with Gasteiger partial charge in [-0.3, -0.25) is 0 Å². The van der Waals surface area contributed by atoms with Gasteiger partial charge in [-0.05, 0) is 15.9 Å². The predicted molar refractivity (Wildman–Crippen MR) is 53.3 cm³/mol. The second kappa shape index (κ2) is 4.91. The Morgan fingerprint density at radius 2 is 1.77 bits per heavy atom. The number of alkyl halides is 1. The van der Waals surface area contributed by atoms with Crippen LogP contribution in [-0.4, -0.2) is 11.9 Å². The number of benzene rings is 1. The van der Waals surface area contributed by atoms with Gasteiger partial charge in [0, 0.05) is 17.5 Å². The van der Waals surface area contributed by atoms with Crippen molar-refractivity contribution < 1.29 is 13.5 Å². The van der Waals surface area contributed by atoms with Gasteiger partial charge in [-0.25, -0.2) is 8.78 Å². The molecule has 0 radical (unpaired) electrons. The van der Waals surface area contributed by atoms with Gasteiger partial charge in [-0.15, -0.1) is 0 Å².